The van der Waals surface area contributed by atoms with Crippen LogP contribution in [-0.2, 0) is 9.59 Å². The monoisotopic (exact) mass is 311 g/mol. The molecule has 6 N–H and O–H groups in total. The third kappa shape index (κ3) is 6.64. The van der Waals surface area contributed by atoms with Gasteiger partial charge in [-0.3, -0.25) is 14.9 Å². The highest BCUT2D eigenvalue weighted by molar-refractivity contribution is 7.98. The molecule has 0 spiro atoms. The number of carboxylic acids is 1. The number of carbonyl (C=O) groups excluding carboxylic acids is 1. The van der Waals surface area contributed by atoms with Crippen molar-refractivity contribution in [1.29, 1.82) is 0 Å². The molecule has 0 aromatic carbocycles. The number of thioether (sulfide) groups is 1. The Morgan fingerprint density at radius 2 is 1.85 bits per heavy atom. The SMILES string of the molecule is CSCCC(NCC(=O)C(O)C(O)C(O)CO)C(=O)O. The normalized spacial score (nSPS) is 17.2. The van der Waals surface area contributed by atoms with Gasteiger partial charge in [0, 0.05) is 0 Å². The molecule has 0 aromatic heterocycles. The first kappa shape index (κ1) is 19.3. The molecule has 0 radical (unpaired) electrons. The van der Waals surface area contributed by atoms with Crippen molar-refractivity contribution in [2.75, 3.05) is 25.2 Å². The molecule has 0 amide bonds. The van der Waals surface area contributed by atoms with Crippen LogP contribution in [0.2, 0.25) is 0 Å². The molecular formula is C11H21NO7S. The second-order valence-electron chi connectivity index (χ2n) is 4.20. The molecule has 9 heteroatoms. The third-order valence-electron chi connectivity index (χ3n) is 2.67. The third-order valence-corrected chi connectivity index (χ3v) is 3.31. The van der Waals surface area contributed by atoms with Gasteiger partial charge in [0.15, 0.2) is 5.78 Å². The van der Waals surface area contributed by atoms with Gasteiger partial charge in [0.05, 0.1) is 13.2 Å². The van der Waals surface area contributed by atoms with Crippen molar-refractivity contribution >= 4 is 23.5 Å². The Balaban J connectivity index is 4.33. The number of nitrogens with one attached hydrogen (secondary N) is 1. The standard InChI is InChI=1S/C11H21NO7S/c1-20-3-2-6(11(18)19)12-4-7(14)9(16)10(17)8(15)5-13/h6,8-10,12-13,15-17H,2-5H2,1H3,(H,18,19). The van der Waals surface area contributed by atoms with Crippen molar-refractivity contribution in [2.24, 2.45) is 0 Å². The second-order valence-corrected chi connectivity index (χ2v) is 5.19. The van der Waals surface area contributed by atoms with E-state index in [4.69, 9.17) is 15.3 Å². The minimum Gasteiger partial charge on any atom is -0.480 e. The summed E-state index contributed by atoms with van der Waals surface area (Å²) in [5.74, 6) is -1.38. The first-order valence-corrected chi connectivity index (χ1v) is 7.37. The topological polar surface area (TPSA) is 147 Å². The summed E-state index contributed by atoms with van der Waals surface area (Å²) in [6.07, 6.45) is -3.22. The largest absolute Gasteiger partial charge is 0.480 e. The molecule has 0 fully saturated rings. The van der Waals surface area contributed by atoms with Gasteiger partial charge in [0.2, 0.25) is 0 Å². The molecule has 0 aliphatic rings. The van der Waals surface area contributed by atoms with E-state index < -0.39 is 49.3 Å². The van der Waals surface area contributed by atoms with Gasteiger partial charge in [-0.1, -0.05) is 0 Å². The summed E-state index contributed by atoms with van der Waals surface area (Å²) in [7, 11) is 0. The fourth-order valence-corrected chi connectivity index (χ4v) is 1.86. The Kier molecular flexibility index (Phi) is 9.72. The summed E-state index contributed by atoms with van der Waals surface area (Å²) >= 11 is 1.46. The predicted molar refractivity (Wildman–Crippen MR) is 72.5 cm³/mol. The summed E-state index contributed by atoms with van der Waals surface area (Å²) in [4.78, 5) is 22.5. The Morgan fingerprint density at radius 1 is 1.25 bits per heavy atom. The van der Waals surface area contributed by atoms with Crippen LogP contribution in [0.4, 0.5) is 0 Å². The number of carboxylic acid groups (broad SMARTS) is 1. The van der Waals surface area contributed by atoms with Gasteiger partial charge >= 0.3 is 5.97 Å². The van der Waals surface area contributed by atoms with Gasteiger partial charge in [0.1, 0.15) is 24.4 Å². The van der Waals surface area contributed by atoms with E-state index in [-0.39, 0.29) is 0 Å². The van der Waals surface area contributed by atoms with Crippen molar-refractivity contribution in [1.82, 2.24) is 5.32 Å². The lowest BCUT2D eigenvalue weighted by molar-refractivity contribution is -0.141. The highest BCUT2D eigenvalue weighted by Gasteiger charge is 2.30. The van der Waals surface area contributed by atoms with Crippen LogP contribution in [0.25, 0.3) is 0 Å². The summed E-state index contributed by atoms with van der Waals surface area (Å²) in [6.45, 7) is -1.26. The van der Waals surface area contributed by atoms with Gasteiger partial charge in [-0.05, 0) is 18.4 Å². The summed E-state index contributed by atoms with van der Waals surface area (Å²) in [5.41, 5.74) is 0. The van der Waals surface area contributed by atoms with Crippen LogP contribution in [0.1, 0.15) is 6.42 Å². The first-order valence-electron chi connectivity index (χ1n) is 5.98. The molecule has 0 aliphatic heterocycles. The van der Waals surface area contributed by atoms with E-state index in [9.17, 15) is 19.8 Å². The maximum Gasteiger partial charge on any atom is 0.320 e. The zero-order valence-electron chi connectivity index (χ0n) is 11.1. The van der Waals surface area contributed by atoms with E-state index in [0.29, 0.717) is 12.2 Å². The second kappa shape index (κ2) is 10.1. The summed E-state index contributed by atoms with van der Waals surface area (Å²) in [5, 5.41) is 47.9. The Morgan fingerprint density at radius 3 is 2.30 bits per heavy atom. The van der Waals surface area contributed by atoms with Gasteiger partial charge in [0.25, 0.3) is 0 Å². The predicted octanol–water partition coefficient (Wildman–Crippen LogP) is -2.57. The molecule has 0 aromatic rings. The van der Waals surface area contributed by atoms with Crippen LogP contribution in [0, 0.1) is 0 Å². The molecule has 8 nitrogen and oxygen atoms in total. The number of aliphatic hydroxyl groups is 4. The molecule has 0 saturated carbocycles. The van der Waals surface area contributed by atoms with Crippen LogP contribution >= 0.6 is 11.8 Å². The number of hydrogen-bond acceptors (Lipinski definition) is 8. The smallest absolute Gasteiger partial charge is 0.320 e. The number of aliphatic carboxylic acids is 1. The van der Waals surface area contributed by atoms with Gasteiger partial charge < -0.3 is 25.5 Å². The highest BCUT2D eigenvalue weighted by atomic mass is 32.2. The lowest BCUT2D eigenvalue weighted by Gasteiger charge is -2.21. The molecule has 0 saturated heterocycles. The van der Waals surface area contributed by atoms with Crippen molar-refractivity contribution in [3.05, 3.63) is 0 Å². The average molecular weight is 311 g/mol. The molecule has 0 heterocycles. The Hall–Kier alpha value is -0.710. The molecule has 0 bridgehead atoms. The van der Waals surface area contributed by atoms with E-state index in [1.165, 1.54) is 11.8 Å². The van der Waals surface area contributed by atoms with Crippen molar-refractivity contribution in [2.45, 2.75) is 30.8 Å². The quantitative estimate of drug-likeness (QED) is 0.242. The molecule has 4 unspecified atom stereocenters. The fourth-order valence-electron chi connectivity index (χ4n) is 1.39. The van der Waals surface area contributed by atoms with E-state index in [1.54, 1.807) is 0 Å². The number of hydrogen-bond donors (Lipinski definition) is 6. The first-order chi connectivity index (χ1) is 9.34. The number of carbonyl (C=O) groups is 2. The van der Waals surface area contributed by atoms with Crippen LogP contribution in [0.3, 0.4) is 0 Å². The number of Topliss-reactive ketones (excluding diaryl/α,β-unsaturated/α-hetero) is 1. The Bertz CT molecular complexity index is 315. The lowest BCUT2D eigenvalue weighted by Crippen LogP contribution is -2.49. The van der Waals surface area contributed by atoms with Gasteiger partial charge in [-0.25, -0.2) is 0 Å². The molecule has 4 atom stereocenters. The van der Waals surface area contributed by atoms with Crippen LogP contribution in [0.5, 0.6) is 0 Å². The van der Waals surface area contributed by atoms with Crippen molar-refractivity contribution in [3.63, 3.8) is 0 Å². The average Bonchev–Trinajstić information content (AvgIpc) is 2.43. The molecular weight excluding hydrogens is 290 g/mol. The van der Waals surface area contributed by atoms with Gasteiger partial charge in [-0.2, -0.15) is 11.8 Å². The van der Waals surface area contributed by atoms with Crippen LogP contribution in [-0.4, -0.2) is 86.8 Å². The van der Waals surface area contributed by atoms with Crippen LogP contribution < -0.4 is 5.32 Å². The summed E-state index contributed by atoms with van der Waals surface area (Å²) in [6, 6.07) is -0.932. The summed E-state index contributed by atoms with van der Waals surface area (Å²) < 4.78 is 0. The van der Waals surface area contributed by atoms with E-state index in [1.807, 2.05) is 6.26 Å². The number of ketones is 1. The minimum atomic E-state index is -1.89. The zero-order valence-corrected chi connectivity index (χ0v) is 11.9. The molecule has 20 heavy (non-hydrogen) atoms. The minimum absolute atomic E-state index is 0.307. The van der Waals surface area contributed by atoms with E-state index in [2.05, 4.69) is 5.32 Å². The number of aliphatic hydroxyl groups excluding tert-OH is 4. The zero-order chi connectivity index (χ0) is 15.7. The van der Waals surface area contributed by atoms with Crippen molar-refractivity contribution in [3.8, 4) is 0 Å². The van der Waals surface area contributed by atoms with E-state index >= 15 is 0 Å². The maximum atomic E-state index is 11.5. The van der Waals surface area contributed by atoms with Gasteiger partial charge in [-0.15, -0.1) is 0 Å². The Labute approximate surface area is 120 Å². The molecule has 118 valence electrons. The van der Waals surface area contributed by atoms with Crippen molar-refractivity contribution < 1.29 is 35.1 Å². The van der Waals surface area contributed by atoms with Crippen LogP contribution in [0.15, 0.2) is 0 Å². The maximum absolute atomic E-state index is 11.5. The lowest BCUT2D eigenvalue weighted by atomic mass is 10.0. The number of rotatable bonds is 11. The highest BCUT2D eigenvalue weighted by Crippen LogP contribution is 2.03. The van der Waals surface area contributed by atoms with E-state index in [0.717, 1.165) is 0 Å². The molecule has 0 rings (SSSR count). The fraction of sp³-hybridized carbons (Fsp3) is 0.818. The molecule has 0 aliphatic carbocycles.